The fourth-order valence-electron chi connectivity index (χ4n) is 4.23. The third-order valence-electron chi connectivity index (χ3n) is 5.68. The second-order valence-corrected chi connectivity index (χ2v) is 8.30. The van der Waals surface area contributed by atoms with E-state index in [1.807, 2.05) is 0 Å². The molecular weight excluding hydrogens is 479 g/mol. The highest BCUT2D eigenvalue weighted by Gasteiger charge is 2.56. The van der Waals surface area contributed by atoms with Crippen LogP contribution in [-0.2, 0) is 10.4 Å². The summed E-state index contributed by atoms with van der Waals surface area (Å²) in [6, 6.07) is 16.2. The Morgan fingerprint density at radius 1 is 1.09 bits per heavy atom. The zero-order valence-electron chi connectivity index (χ0n) is 17.4. The molecule has 32 heavy (non-hydrogen) atoms. The summed E-state index contributed by atoms with van der Waals surface area (Å²) in [4.78, 5) is 25.8. The third-order valence-corrected chi connectivity index (χ3v) is 6.21. The van der Waals surface area contributed by atoms with E-state index in [1.54, 1.807) is 48.5 Å². The number of aldehydes is 1. The van der Waals surface area contributed by atoms with Crippen molar-refractivity contribution in [2.45, 2.75) is 17.9 Å². The number of rotatable bonds is 7. The van der Waals surface area contributed by atoms with E-state index in [9.17, 15) is 14.0 Å². The van der Waals surface area contributed by atoms with Crippen molar-refractivity contribution in [1.82, 2.24) is 0 Å². The molecule has 0 radical (unpaired) electrons. The highest BCUT2D eigenvalue weighted by molar-refractivity contribution is 9.10. The first kappa shape index (κ1) is 22.0. The van der Waals surface area contributed by atoms with E-state index in [0.29, 0.717) is 28.9 Å². The third kappa shape index (κ3) is 3.56. The molecule has 1 aliphatic heterocycles. The maximum Gasteiger partial charge on any atom is 0.219 e. The summed E-state index contributed by atoms with van der Waals surface area (Å²) in [5.74, 6) is -0.587. The van der Waals surface area contributed by atoms with Crippen molar-refractivity contribution in [3.05, 3.63) is 87.6 Å². The summed E-state index contributed by atoms with van der Waals surface area (Å²) in [5, 5.41) is 0. The van der Waals surface area contributed by atoms with Crippen LogP contribution in [-0.4, -0.2) is 26.3 Å². The van der Waals surface area contributed by atoms with Crippen molar-refractivity contribution in [2.24, 2.45) is 0 Å². The largest absolute Gasteiger partial charge is 0.496 e. The van der Waals surface area contributed by atoms with E-state index in [4.69, 9.17) is 14.2 Å². The van der Waals surface area contributed by atoms with Crippen LogP contribution in [0, 0.1) is 5.82 Å². The molecule has 3 aromatic rings. The Labute approximate surface area is 193 Å². The zero-order valence-corrected chi connectivity index (χ0v) is 19.0. The van der Waals surface area contributed by atoms with Gasteiger partial charge >= 0.3 is 0 Å². The predicted molar refractivity (Wildman–Crippen MR) is 120 cm³/mol. The predicted octanol–water partition coefficient (Wildman–Crippen LogP) is 5.45. The molecule has 5 nitrogen and oxygen atoms in total. The lowest BCUT2D eigenvalue weighted by Crippen LogP contribution is -2.43. The van der Waals surface area contributed by atoms with Crippen LogP contribution in [0.3, 0.4) is 0 Å². The molecule has 0 saturated heterocycles. The summed E-state index contributed by atoms with van der Waals surface area (Å²) in [5.41, 5.74) is -0.327. The molecule has 7 heteroatoms. The second kappa shape index (κ2) is 8.74. The average molecular weight is 499 g/mol. The summed E-state index contributed by atoms with van der Waals surface area (Å²) in [7, 11) is 2.96. The van der Waals surface area contributed by atoms with Gasteiger partial charge in [-0.15, -0.1) is 0 Å². The highest BCUT2D eigenvalue weighted by atomic mass is 79.9. The number of ether oxygens (including phenoxy) is 3. The number of halogens is 2. The lowest BCUT2D eigenvalue weighted by atomic mass is 9.72. The highest BCUT2D eigenvalue weighted by Crippen LogP contribution is 2.54. The Morgan fingerprint density at radius 2 is 1.84 bits per heavy atom. The van der Waals surface area contributed by atoms with Gasteiger partial charge in [-0.05, 0) is 29.8 Å². The molecule has 4 rings (SSSR count). The minimum absolute atomic E-state index is 0.0568. The van der Waals surface area contributed by atoms with Crippen molar-refractivity contribution in [3.8, 4) is 17.2 Å². The standard InChI is InChI=1S/C25H20BrFO5/c1-30-19-13-21(31-2)23-22(14-19)32-25(24(23)29,16-6-8-17(26)9-7-16)20(10-11-28)15-4-3-5-18(27)12-15/h3-9,11-14,20H,10H2,1-2H3. The Bertz CT molecular complexity index is 1180. The van der Waals surface area contributed by atoms with Crippen LogP contribution < -0.4 is 14.2 Å². The molecule has 0 saturated carbocycles. The fraction of sp³-hybridized carbons (Fsp3) is 0.200. The molecule has 1 aliphatic rings. The number of ketones is 1. The molecule has 2 unspecified atom stereocenters. The molecule has 2 atom stereocenters. The number of methoxy groups -OCH3 is 2. The van der Waals surface area contributed by atoms with Crippen molar-refractivity contribution in [2.75, 3.05) is 14.2 Å². The number of fused-ring (bicyclic) bond motifs is 1. The van der Waals surface area contributed by atoms with E-state index < -0.39 is 17.3 Å². The monoisotopic (exact) mass is 498 g/mol. The van der Waals surface area contributed by atoms with Crippen LogP contribution in [0.4, 0.5) is 4.39 Å². The van der Waals surface area contributed by atoms with Crippen LogP contribution in [0.1, 0.15) is 33.8 Å². The number of hydrogen-bond acceptors (Lipinski definition) is 5. The minimum atomic E-state index is -1.60. The number of carbonyl (C=O) groups is 2. The number of Topliss-reactive ketones (excluding diaryl/α,β-unsaturated/α-hetero) is 1. The van der Waals surface area contributed by atoms with Crippen molar-refractivity contribution in [1.29, 1.82) is 0 Å². The molecular formula is C25H20BrFO5. The lowest BCUT2D eigenvalue weighted by Gasteiger charge is -2.35. The van der Waals surface area contributed by atoms with Crippen LogP contribution in [0.25, 0.3) is 0 Å². The summed E-state index contributed by atoms with van der Waals surface area (Å²) in [6.07, 6.45) is 0.659. The first-order chi connectivity index (χ1) is 15.4. The number of carbonyl (C=O) groups excluding carboxylic acids is 2. The van der Waals surface area contributed by atoms with Gasteiger partial charge in [-0.25, -0.2) is 4.39 Å². The number of benzene rings is 3. The molecule has 0 spiro atoms. The maximum atomic E-state index is 14.2. The van der Waals surface area contributed by atoms with E-state index in [0.717, 1.165) is 4.47 Å². The van der Waals surface area contributed by atoms with Gasteiger partial charge in [-0.1, -0.05) is 40.2 Å². The van der Waals surface area contributed by atoms with Crippen LogP contribution in [0.15, 0.2) is 65.1 Å². The Hall–Kier alpha value is -3.19. The quantitative estimate of drug-likeness (QED) is 0.405. The molecule has 164 valence electrons. The molecule has 0 fully saturated rings. The molecule has 0 N–H and O–H groups in total. The molecule has 0 bridgehead atoms. The molecule has 0 aromatic heterocycles. The second-order valence-electron chi connectivity index (χ2n) is 7.39. The van der Waals surface area contributed by atoms with Gasteiger partial charge in [0.25, 0.3) is 0 Å². The van der Waals surface area contributed by atoms with E-state index in [1.165, 1.54) is 26.4 Å². The van der Waals surface area contributed by atoms with E-state index >= 15 is 0 Å². The summed E-state index contributed by atoms with van der Waals surface area (Å²) >= 11 is 3.41. The van der Waals surface area contributed by atoms with Gasteiger partial charge in [0.05, 0.1) is 14.2 Å². The summed E-state index contributed by atoms with van der Waals surface area (Å²) in [6.45, 7) is 0. The van der Waals surface area contributed by atoms with Gasteiger partial charge in [-0.2, -0.15) is 0 Å². The lowest BCUT2D eigenvalue weighted by molar-refractivity contribution is -0.109. The van der Waals surface area contributed by atoms with Crippen molar-refractivity contribution in [3.63, 3.8) is 0 Å². The van der Waals surface area contributed by atoms with E-state index in [2.05, 4.69) is 15.9 Å². The molecule has 0 amide bonds. The maximum absolute atomic E-state index is 14.2. The van der Waals surface area contributed by atoms with Crippen molar-refractivity contribution < 1.29 is 28.2 Å². The number of hydrogen-bond donors (Lipinski definition) is 0. The molecule has 0 aliphatic carbocycles. The normalized spacial score (nSPS) is 17.9. The average Bonchev–Trinajstić information content (AvgIpc) is 3.10. The van der Waals surface area contributed by atoms with Crippen molar-refractivity contribution >= 4 is 28.0 Å². The molecule has 1 heterocycles. The van der Waals surface area contributed by atoms with Crippen LogP contribution in [0.5, 0.6) is 17.2 Å². The van der Waals surface area contributed by atoms with Gasteiger partial charge < -0.3 is 19.0 Å². The first-order valence-corrected chi connectivity index (χ1v) is 10.7. The van der Waals surface area contributed by atoms with E-state index in [-0.39, 0.29) is 23.5 Å². The smallest absolute Gasteiger partial charge is 0.219 e. The Kier molecular flexibility index (Phi) is 6.02. The van der Waals surface area contributed by atoms with Crippen LogP contribution in [0.2, 0.25) is 0 Å². The van der Waals surface area contributed by atoms with Gasteiger partial charge in [0.15, 0.2) is 0 Å². The minimum Gasteiger partial charge on any atom is -0.496 e. The SMILES string of the molecule is COc1cc(OC)c2c(c1)OC(c1ccc(Br)cc1)(C(CC=O)c1cccc(F)c1)C2=O. The van der Waals surface area contributed by atoms with Gasteiger partial charge in [0.1, 0.15) is 34.9 Å². The first-order valence-electron chi connectivity index (χ1n) is 9.89. The Morgan fingerprint density at radius 3 is 2.47 bits per heavy atom. The fourth-order valence-corrected chi connectivity index (χ4v) is 4.49. The summed E-state index contributed by atoms with van der Waals surface area (Å²) < 4.78 is 32.2. The van der Waals surface area contributed by atoms with Gasteiger partial charge in [0.2, 0.25) is 11.4 Å². The molecule has 3 aromatic carbocycles. The Balaban J connectivity index is 2.00. The topological polar surface area (TPSA) is 61.8 Å². The van der Waals surface area contributed by atoms with Gasteiger partial charge in [0, 0.05) is 34.5 Å². The zero-order chi connectivity index (χ0) is 22.9. The van der Waals surface area contributed by atoms with Gasteiger partial charge in [-0.3, -0.25) is 4.79 Å². The van der Waals surface area contributed by atoms with Crippen LogP contribution >= 0.6 is 15.9 Å².